The maximum Gasteiger partial charge on any atom is 0.339 e. The molecule has 1 aromatic heterocycles. The lowest BCUT2D eigenvalue weighted by molar-refractivity contribution is 0.0697. The number of carbonyl (C=O) groups is 1. The Kier molecular flexibility index (Phi) is 6.08. The molecule has 0 aliphatic carbocycles. The van der Waals surface area contributed by atoms with Crippen molar-refractivity contribution in [3.63, 3.8) is 0 Å². The molecule has 168 valence electrons. The fourth-order valence-corrected chi connectivity index (χ4v) is 4.95. The molecule has 0 saturated carbocycles. The summed E-state index contributed by atoms with van der Waals surface area (Å²) in [5.74, 6) is -1.95. The average Bonchev–Trinajstić information content (AvgIpc) is 3.15. The molecule has 0 spiro atoms. The van der Waals surface area contributed by atoms with Gasteiger partial charge < -0.3 is 25.3 Å². The summed E-state index contributed by atoms with van der Waals surface area (Å²) >= 11 is 1.80. The van der Waals surface area contributed by atoms with Crippen molar-refractivity contribution in [2.24, 2.45) is 4.99 Å². The molecule has 4 N–H and O–H groups in total. The van der Waals surface area contributed by atoms with Gasteiger partial charge >= 0.3 is 5.97 Å². The van der Waals surface area contributed by atoms with E-state index >= 15 is 0 Å². The highest BCUT2D eigenvalue weighted by molar-refractivity contribution is 14.1. The van der Waals surface area contributed by atoms with E-state index < -0.39 is 5.97 Å². The Labute approximate surface area is 197 Å². The molecule has 1 aliphatic rings. The number of likely N-dealkylation sites (tertiary alicyclic amines) is 1. The molecule has 1 saturated heterocycles. The smallest absolute Gasteiger partial charge is 0.339 e. The Balaban J connectivity index is 1.85. The van der Waals surface area contributed by atoms with Crippen LogP contribution in [-0.2, 0) is 0 Å². The van der Waals surface area contributed by atoms with Gasteiger partial charge in [0.1, 0.15) is 44.9 Å². The molecular weight excluding hydrogens is 527 g/mol. The van der Waals surface area contributed by atoms with Crippen LogP contribution >= 0.6 is 22.6 Å². The zero-order chi connectivity index (χ0) is 23.2. The van der Waals surface area contributed by atoms with E-state index in [4.69, 9.17) is 0 Å². The predicted octanol–water partition coefficient (Wildman–Crippen LogP) is 3.41. The zero-order valence-corrected chi connectivity index (χ0v) is 19.8. The number of rotatable bonds is 5. The number of phenols is 3. The molecule has 1 unspecified atom stereocenters. The van der Waals surface area contributed by atoms with Crippen LogP contribution in [0, 0.1) is 10.5 Å². The summed E-state index contributed by atoms with van der Waals surface area (Å²) in [4.78, 5) is 27.3. The highest BCUT2D eigenvalue weighted by Crippen LogP contribution is 2.39. The summed E-state index contributed by atoms with van der Waals surface area (Å²) in [7, 11) is 2.10. The highest BCUT2D eigenvalue weighted by Gasteiger charge is 2.24. The minimum atomic E-state index is -1.22. The number of benzene rings is 2. The zero-order valence-electron chi connectivity index (χ0n) is 17.6. The molecule has 9 nitrogen and oxygen atoms in total. The van der Waals surface area contributed by atoms with Gasteiger partial charge in [-0.15, -0.1) is 0 Å². The number of carboxylic acids is 1. The first-order valence-electron chi connectivity index (χ1n) is 10.2. The Morgan fingerprint density at radius 3 is 2.59 bits per heavy atom. The third kappa shape index (κ3) is 3.81. The van der Waals surface area contributed by atoms with Crippen molar-refractivity contribution in [2.45, 2.75) is 32.2 Å². The number of aromatic hydroxyl groups is 3. The molecule has 0 radical (unpaired) electrons. The van der Waals surface area contributed by atoms with E-state index in [9.17, 15) is 25.2 Å². The molecular formula is C22H23IN4O5. The first-order valence-corrected chi connectivity index (χ1v) is 11.3. The maximum atomic E-state index is 11.8. The molecule has 4 rings (SSSR count). The van der Waals surface area contributed by atoms with Crippen molar-refractivity contribution < 1.29 is 25.2 Å². The van der Waals surface area contributed by atoms with Crippen molar-refractivity contribution in [3.8, 4) is 17.2 Å². The van der Waals surface area contributed by atoms with Gasteiger partial charge in [-0.2, -0.15) is 0 Å². The monoisotopic (exact) mass is 550 g/mol. The van der Waals surface area contributed by atoms with Crippen LogP contribution in [-0.4, -0.2) is 73.7 Å². The number of hydrogen-bond acceptors (Lipinski definition) is 8. The molecule has 1 aliphatic heterocycles. The molecule has 1 atom stereocenters. The number of phenolic OH excluding ortho intramolecular Hbond substituents is 3. The van der Waals surface area contributed by atoms with Gasteiger partial charge in [0.05, 0.1) is 5.56 Å². The summed E-state index contributed by atoms with van der Waals surface area (Å²) in [6.45, 7) is 3.18. The normalized spacial score (nSPS) is 17.2. The second-order valence-electron chi connectivity index (χ2n) is 8.01. The van der Waals surface area contributed by atoms with Crippen molar-refractivity contribution in [1.29, 1.82) is 0 Å². The van der Waals surface area contributed by atoms with E-state index in [0.29, 0.717) is 16.2 Å². The largest absolute Gasteiger partial charge is 0.507 e. The minimum absolute atomic E-state index is 0.0276. The van der Waals surface area contributed by atoms with E-state index in [1.807, 2.05) is 0 Å². The Bertz CT molecular complexity index is 1280. The highest BCUT2D eigenvalue weighted by atomic mass is 127. The van der Waals surface area contributed by atoms with E-state index in [1.165, 1.54) is 25.6 Å². The van der Waals surface area contributed by atoms with E-state index in [1.54, 1.807) is 22.6 Å². The quantitative estimate of drug-likeness (QED) is 0.215. The van der Waals surface area contributed by atoms with Gasteiger partial charge in [0.25, 0.3) is 0 Å². The Morgan fingerprint density at radius 2 is 1.94 bits per heavy atom. The van der Waals surface area contributed by atoms with Crippen molar-refractivity contribution in [2.75, 3.05) is 20.1 Å². The third-order valence-electron chi connectivity index (χ3n) is 6.02. The van der Waals surface area contributed by atoms with Crippen LogP contribution in [0.15, 0.2) is 11.1 Å². The van der Waals surface area contributed by atoms with E-state index in [0.717, 1.165) is 19.4 Å². The first kappa shape index (κ1) is 22.5. The SMILES string of the molecule is Cc1c(O)c(C=NCCC2CCCN2C)c2nc3c(O)cc(I)c(C(=O)O)c3nc2c1O. The number of aromatic nitrogens is 2. The number of nitrogens with zero attached hydrogens (tertiary/aromatic N) is 4. The number of carboxylic acid groups (broad SMARTS) is 1. The molecule has 1 fully saturated rings. The van der Waals surface area contributed by atoms with Crippen molar-refractivity contribution >= 4 is 56.8 Å². The molecule has 2 heterocycles. The lowest BCUT2D eigenvalue weighted by Crippen LogP contribution is -2.25. The lowest BCUT2D eigenvalue weighted by Gasteiger charge is -2.17. The van der Waals surface area contributed by atoms with Crippen LogP contribution in [0.1, 0.15) is 40.7 Å². The fraction of sp³-hybridized carbons (Fsp3) is 0.364. The van der Waals surface area contributed by atoms with Crippen LogP contribution in [0.3, 0.4) is 0 Å². The fourth-order valence-electron chi connectivity index (χ4n) is 4.17. The van der Waals surface area contributed by atoms with Crippen LogP contribution in [0.2, 0.25) is 0 Å². The van der Waals surface area contributed by atoms with Crippen LogP contribution < -0.4 is 0 Å². The van der Waals surface area contributed by atoms with Gasteiger partial charge in [0, 0.05) is 27.9 Å². The van der Waals surface area contributed by atoms with Crippen molar-refractivity contribution in [1.82, 2.24) is 14.9 Å². The van der Waals surface area contributed by atoms with E-state index in [-0.39, 0.29) is 56.0 Å². The molecule has 3 aromatic rings. The van der Waals surface area contributed by atoms with Gasteiger partial charge in [0.2, 0.25) is 0 Å². The van der Waals surface area contributed by atoms with Gasteiger partial charge in [0.15, 0.2) is 0 Å². The van der Waals surface area contributed by atoms with E-state index in [2.05, 4.69) is 26.9 Å². The lowest BCUT2D eigenvalue weighted by atomic mass is 10.0. The number of hydrogen-bond donors (Lipinski definition) is 4. The standard InChI is InChI=1S/C22H23IN4O5/c1-10-20(29)12(9-24-6-5-11-4-3-7-27(11)2)16-19(21(10)30)26-18-15(22(31)32)13(23)8-14(28)17(18)25-16/h8-9,11,28-30H,3-7H2,1-2H3,(H,31,32). The summed E-state index contributed by atoms with van der Waals surface area (Å²) in [6.07, 6.45) is 4.71. The van der Waals surface area contributed by atoms with Gasteiger partial charge in [-0.05, 0) is 68.4 Å². The summed E-state index contributed by atoms with van der Waals surface area (Å²) in [5.41, 5.74) is 0.437. The topological polar surface area (TPSA) is 139 Å². The molecule has 10 heteroatoms. The third-order valence-corrected chi connectivity index (χ3v) is 6.87. The van der Waals surface area contributed by atoms with Crippen LogP contribution in [0.25, 0.3) is 22.1 Å². The number of aliphatic imine (C=N–C) groups is 1. The minimum Gasteiger partial charge on any atom is -0.507 e. The second kappa shape index (κ2) is 8.66. The Hall–Kier alpha value is -2.73. The predicted molar refractivity (Wildman–Crippen MR) is 129 cm³/mol. The Morgan fingerprint density at radius 1 is 1.22 bits per heavy atom. The van der Waals surface area contributed by atoms with Gasteiger partial charge in [-0.25, -0.2) is 14.8 Å². The molecule has 0 amide bonds. The molecule has 0 bridgehead atoms. The van der Waals surface area contributed by atoms with Crippen LogP contribution in [0.5, 0.6) is 17.2 Å². The average molecular weight is 550 g/mol. The summed E-state index contributed by atoms with van der Waals surface area (Å²) < 4.78 is 0.294. The van der Waals surface area contributed by atoms with Crippen LogP contribution in [0.4, 0.5) is 0 Å². The first-order chi connectivity index (χ1) is 15.2. The number of fused-ring (bicyclic) bond motifs is 2. The molecule has 32 heavy (non-hydrogen) atoms. The summed E-state index contributed by atoms with van der Waals surface area (Å²) in [5, 5.41) is 41.3. The second-order valence-corrected chi connectivity index (χ2v) is 9.17. The van der Waals surface area contributed by atoms with Crippen molar-refractivity contribution in [3.05, 3.63) is 26.3 Å². The summed E-state index contributed by atoms with van der Waals surface area (Å²) in [6, 6.07) is 1.78. The number of halogens is 1. The maximum absolute atomic E-state index is 11.8. The molecule has 2 aromatic carbocycles. The van der Waals surface area contributed by atoms with Gasteiger partial charge in [-0.3, -0.25) is 4.99 Å². The number of aromatic carboxylic acids is 1. The van der Waals surface area contributed by atoms with Gasteiger partial charge in [-0.1, -0.05) is 0 Å².